The molecule has 0 saturated carbocycles. The molecule has 5 nitrogen and oxygen atoms in total. The van der Waals surface area contributed by atoms with Gasteiger partial charge in [-0.25, -0.2) is 4.98 Å². The van der Waals surface area contributed by atoms with Crippen molar-refractivity contribution in [2.24, 2.45) is 0 Å². The fourth-order valence-corrected chi connectivity index (χ4v) is 2.61. The summed E-state index contributed by atoms with van der Waals surface area (Å²) in [6.45, 7) is 1.99. The van der Waals surface area contributed by atoms with Crippen molar-refractivity contribution in [1.29, 1.82) is 0 Å². The van der Waals surface area contributed by atoms with Crippen LogP contribution in [0.25, 0.3) is 5.69 Å². The molecule has 0 saturated heterocycles. The maximum atomic E-state index is 5.50. The van der Waals surface area contributed by atoms with Crippen molar-refractivity contribution in [2.45, 2.75) is 24.3 Å². The van der Waals surface area contributed by atoms with E-state index < -0.39 is 0 Å². The lowest BCUT2D eigenvalue weighted by Crippen LogP contribution is -1.94. The minimum Gasteiger partial charge on any atom is -0.424 e. The molecule has 1 aromatic carbocycles. The van der Waals surface area contributed by atoms with Gasteiger partial charge < -0.3 is 4.42 Å². The van der Waals surface area contributed by atoms with Gasteiger partial charge in [-0.2, -0.15) is 0 Å². The third kappa shape index (κ3) is 2.75. The van der Waals surface area contributed by atoms with E-state index >= 15 is 0 Å². The number of hydrogen-bond acceptors (Lipinski definition) is 5. The lowest BCUT2D eigenvalue weighted by molar-refractivity contribution is 0.470. The first-order valence-electron chi connectivity index (χ1n) is 6.39. The van der Waals surface area contributed by atoms with Crippen LogP contribution in [0.2, 0.25) is 0 Å². The molecule has 2 aromatic heterocycles. The van der Waals surface area contributed by atoms with Crippen LogP contribution in [0.1, 0.15) is 18.7 Å². The Morgan fingerprint density at radius 1 is 1.15 bits per heavy atom. The molecule has 0 aliphatic heterocycles. The van der Waals surface area contributed by atoms with Crippen LogP contribution in [0, 0.1) is 0 Å². The van der Waals surface area contributed by atoms with Crippen molar-refractivity contribution in [2.75, 3.05) is 0 Å². The van der Waals surface area contributed by atoms with E-state index in [-0.39, 0.29) is 0 Å². The number of nitrogens with zero attached hydrogens (tertiary/aromatic N) is 4. The standard InChI is InChI=1S/C14H14N4OS/c1-2-12-16-17-13(19-12)10-20-14-15-8-9-18(14)11-6-4-3-5-7-11/h3-9H,2,10H2,1H3. The normalized spacial score (nSPS) is 10.8. The maximum Gasteiger partial charge on any atom is 0.226 e. The van der Waals surface area contributed by atoms with Crippen LogP contribution in [-0.2, 0) is 12.2 Å². The fraction of sp³-hybridized carbons (Fsp3) is 0.214. The summed E-state index contributed by atoms with van der Waals surface area (Å²) in [4.78, 5) is 4.37. The number of aryl methyl sites for hydroxylation is 1. The number of thioether (sulfide) groups is 1. The van der Waals surface area contributed by atoms with Gasteiger partial charge in [0.05, 0.1) is 5.75 Å². The molecule has 0 bridgehead atoms. The van der Waals surface area contributed by atoms with Gasteiger partial charge in [0.25, 0.3) is 0 Å². The van der Waals surface area contributed by atoms with Gasteiger partial charge in [-0.3, -0.25) is 4.57 Å². The predicted octanol–water partition coefficient (Wildman–Crippen LogP) is 3.11. The number of rotatable bonds is 5. The summed E-state index contributed by atoms with van der Waals surface area (Å²) in [6, 6.07) is 10.1. The summed E-state index contributed by atoms with van der Waals surface area (Å²) in [7, 11) is 0. The molecular weight excluding hydrogens is 272 g/mol. The van der Waals surface area contributed by atoms with Gasteiger partial charge in [-0.15, -0.1) is 10.2 Å². The monoisotopic (exact) mass is 286 g/mol. The Labute approximate surface area is 121 Å². The van der Waals surface area contributed by atoms with Gasteiger partial charge >= 0.3 is 0 Å². The molecule has 0 fully saturated rings. The van der Waals surface area contributed by atoms with E-state index in [9.17, 15) is 0 Å². The van der Waals surface area contributed by atoms with Gasteiger partial charge in [0.15, 0.2) is 5.16 Å². The average molecular weight is 286 g/mol. The van der Waals surface area contributed by atoms with E-state index in [4.69, 9.17) is 4.42 Å². The predicted molar refractivity (Wildman–Crippen MR) is 76.8 cm³/mol. The Morgan fingerprint density at radius 2 is 1.95 bits per heavy atom. The molecule has 0 radical (unpaired) electrons. The summed E-state index contributed by atoms with van der Waals surface area (Å²) < 4.78 is 7.54. The fourth-order valence-electron chi connectivity index (χ4n) is 1.80. The van der Waals surface area contributed by atoms with Crippen molar-refractivity contribution in [3.05, 3.63) is 54.5 Å². The van der Waals surface area contributed by atoms with Crippen LogP contribution in [0.3, 0.4) is 0 Å². The molecule has 0 aliphatic rings. The number of para-hydroxylation sites is 1. The maximum absolute atomic E-state index is 5.50. The smallest absolute Gasteiger partial charge is 0.226 e. The number of hydrogen-bond donors (Lipinski definition) is 0. The molecule has 0 N–H and O–H groups in total. The summed E-state index contributed by atoms with van der Waals surface area (Å²) in [5, 5.41) is 8.88. The van der Waals surface area contributed by atoms with E-state index in [0.29, 0.717) is 17.5 Å². The van der Waals surface area contributed by atoms with Crippen LogP contribution in [-0.4, -0.2) is 19.7 Å². The highest BCUT2D eigenvalue weighted by atomic mass is 32.2. The van der Waals surface area contributed by atoms with Gasteiger partial charge in [0, 0.05) is 24.5 Å². The highest BCUT2D eigenvalue weighted by Gasteiger charge is 2.09. The van der Waals surface area contributed by atoms with Crippen molar-refractivity contribution in [3.63, 3.8) is 0 Å². The van der Waals surface area contributed by atoms with Crippen molar-refractivity contribution < 1.29 is 4.42 Å². The first-order valence-corrected chi connectivity index (χ1v) is 7.38. The third-order valence-corrected chi connectivity index (χ3v) is 3.73. The van der Waals surface area contributed by atoms with Gasteiger partial charge in [0.2, 0.25) is 11.8 Å². The molecule has 0 amide bonds. The topological polar surface area (TPSA) is 56.7 Å². The zero-order chi connectivity index (χ0) is 13.8. The van der Waals surface area contributed by atoms with E-state index in [1.54, 1.807) is 18.0 Å². The lowest BCUT2D eigenvalue weighted by atomic mass is 10.3. The quantitative estimate of drug-likeness (QED) is 0.674. The minimum atomic E-state index is 0.622. The zero-order valence-corrected chi connectivity index (χ0v) is 11.9. The van der Waals surface area contributed by atoms with Crippen LogP contribution in [0.4, 0.5) is 0 Å². The van der Waals surface area contributed by atoms with Crippen LogP contribution in [0.15, 0.2) is 52.3 Å². The number of imidazole rings is 1. The molecule has 6 heteroatoms. The largest absolute Gasteiger partial charge is 0.424 e. The van der Waals surface area contributed by atoms with Crippen LogP contribution in [0.5, 0.6) is 0 Å². The summed E-state index contributed by atoms with van der Waals surface area (Å²) >= 11 is 1.58. The second-order valence-corrected chi connectivity index (χ2v) is 5.09. The Hall–Kier alpha value is -2.08. The Balaban J connectivity index is 1.74. The second kappa shape index (κ2) is 5.92. The molecule has 20 heavy (non-hydrogen) atoms. The van der Waals surface area contributed by atoms with Gasteiger partial charge in [0.1, 0.15) is 0 Å². The number of aromatic nitrogens is 4. The van der Waals surface area contributed by atoms with Crippen LogP contribution >= 0.6 is 11.8 Å². The zero-order valence-electron chi connectivity index (χ0n) is 11.1. The molecule has 3 aromatic rings. The Bertz CT molecular complexity index is 677. The van der Waals surface area contributed by atoms with E-state index in [1.165, 1.54) is 0 Å². The lowest BCUT2D eigenvalue weighted by Gasteiger charge is -2.05. The first-order chi connectivity index (χ1) is 9.86. The highest BCUT2D eigenvalue weighted by molar-refractivity contribution is 7.98. The average Bonchev–Trinajstić information content (AvgIpc) is 3.15. The minimum absolute atomic E-state index is 0.622. The second-order valence-electron chi connectivity index (χ2n) is 4.15. The SMILES string of the molecule is CCc1nnc(CSc2nccn2-c2ccccc2)o1. The van der Waals surface area contributed by atoms with Crippen molar-refractivity contribution in [3.8, 4) is 5.69 Å². The van der Waals surface area contributed by atoms with E-state index in [1.807, 2.05) is 48.0 Å². The first kappa shape index (κ1) is 12.9. The Kier molecular flexibility index (Phi) is 3.83. The molecule has 0 aliphatic carbocycles. The van der Waals surface area contributed by atoms with Crippen molar-refractivity contribution in [1.82, 2.24) is 19.7 Å². The van der Waals surface area contributed by atoms with Gasteiger partial charge in [-0.1, -0.05) is 36.9 Å². The highest BCUT2D eigenvalue weighted by Crippen LogP contribution is 2.23. The van der Waals surface area contributed by atoms with Gasteiger partial charge in [-0.05, 0) is 12.1 Å². The molecular formula is C14H14N4OS. The summed E-state index contributed by atoms with van der Waals surface area (Å²) in [5.74, 6) is 1.93. The third-order valence-electron chi connectivity index (χ3n) is 2.78. The molecule has 0 unspecified atom stereocenters. The number of benzene rings is 1. The molecule has 0 atom stereocenters. The molecule has 102 valence electrons. The molecule has 2 heterocycles. The van der Waals surface area contributed by atoms with E-state index in [2.05, 4.69) is 15.2 Å². The summed E-state index contributed by atoms with van der Waals surface area (Å²) in [6.07, 6.45) is 4.50. The summed E-state index contributed by atoms with van der Waals surface area (Å²) in [5.41, 5.74) is 1.09. The molecule has 0 spiro atoms. The molecule has 3 rings (SSSR count). The Morgan fingerprint density at radius 3 is 2.70 bits per heavy atom. The van der Waals surface area contributed by atoms with E-state index in [0.717, 1.165) is 17.3 Å². The van der Waals surface area contributed by atoms with Crippen LogP contribution < -0.4 is 0 Å². The van der Waals surface area contributed by atoms with Crippen molar-refractivity contribution >= 4 is 11.8 Å².